The van der Waals surface area contributed by atoms with Crippen LogP contribution in [0.2, 0.25) is 0 Å². The van der Waals surface area contributed by atoms with Gasteiger partial charge in [0.15, 0.2) is 0 Å². The highest BCUT2D eigenvalue weighted by Crippen LogP contribution is 2.12. The summed E-state index contributed by atoms with van der Waals surface area (Å²) in [6.07, 6.45) is 11.0. The monoisotopic (exact) mass is 315 g/mol. The molecule has 0 radical (unpaired) electrons. The smallest absolute Gasteiger partial charge is 0.326 e. The lowest BCUT2D eigenvalue weighted by molar-refractivity contribution is -0.149. The molecule has 0 aromatic carbocycles. The minimum absolute atomic E-state index is 0.0870. The second-order valence-corrected chi connectivity index (χ2v) is 5.90. The lowest BCUT2D eigenvalue weighted by Crippen LogP contribution is -2.44. The molecule has 2 N–H and O–H groups in total. The first-order valence-corrected chi connectivity index (χ1v) is 8.67. The Kier molecular flexibility index (Phi) is 12.9. The number of carbonyl (C=O) groups excluding carboxylic acids is 1. The largest absolute Gasteiger partial charge is 0.480 e. The molecule has 0 rings (SSSR count). The molecule has 1 amide bonds. The minimum Gasteiger partial charge on any atom is -0.480 e. The Morgan fingerprint density at radius 3 is 1.91 bits per heavy atom. The molecule has 0 bridgehead atoms. The molecule has 0 saturated heterocycles. The van der Waals surface area contributed by atoms with Gasteiger partial charge < -0.3 is 15.1 Å². The van der Waals surface area contributed by atoms with Crippen LogP contribution in [0.5, 0.6) is 0 Å². The van der Waals surface area contributed by atoms with Crippen molar-refractivity contribution in [3.05, 3.63) is 0 Å². The number of hydrogen-bond acceptors (Lipinski definition) is 3. The first-order valence-electron chi connectivity index (χ1n) is 8.67. The third kappa shape index (κ3) is 9.77. The van der Waals surface area contributed by atoms with Crippen LogP contribution in [0.25, 0.3) is 0 Å². The third-order valence-corrected chi connectivity index (χ3v) is 3.98. The Morgan fingerprint density at radius 1 is 0.955 bits per heavy atom. The van der Waals surface area contributed by atoms with Crippen molar-refractivity contribution in [1.82, 2.24) is 4.90 Å². The van der Waals surface area contributed by atoms with Crippen LogP contribution < -0.4 is 0 Å². The summed E-state index contributed by atoms with van der Waals surface area (Å²) in [7, 11) is 0. The molecular weight excluding hydrogens is 282 g/mol. The molecule has 5 heteroatoms. The van der Waals surface area contributed by atoms with Gasteiger partial charge in [-0.2, -0.15) is 0 Å². The van der Waals surface area contributed by atoms with Crippen molar-refractivity contribution < 1.29 is 19.8 Å². The van der Waals surface area contributed by atoms with Crippen molar-refractivity contribution >= 4 is 11.9 Å². The zero-order valence-electron chi connectivity index (χ0n) is 14.2. The van der Waals surface area contributed by atoms with E-state index < -0.39 is 12.0 Å². The normalized spacial score (nSPS) is 12.1. The Bertz CT molecular complexity index is 307. The zero-order valence-corrected chi connectivity index (χ0v) is 14.2. The molecule has 0 saturated carbocycles. The van der Waals surface area contributed by atoms with Gasteiger partial charge in [0.25, 0.3) is 0 Å². The predicted molar refractivity (Wildman–Crippen MR) is 87.7 cm³/mol. The average Bonchev–Trinajstić information content (AvgIpc) is 2.50. The van der Waals surface area contributed by atoms with Gasteiger partial charge in [0.2, 0.25) is 5.91 Å². The Morgan fingerprint density at radius 2 is 1.45 bits per heavy atom. The average molecular weight is 315 g/mol. The molecule has 5 nitrogen and oxygen atoms in total. The van der Waals surface area contributed by atoms with Gasteiger partial charge in [-0.15, -0.1) is 0 Å². The van der Waals surface area contributed by atoms with Gasteiger partial charge in [-0.1, -0.05) is 58.3 Å². The van der Waals surface area contributed by atoms with E-state index in [0.717, 1.165) is 19.3 Å². The maximum Gasteiger partial charge on any atom is 0.326 e. The second kappa shape index (κ2) is 13.6. The third-order valence-electron chi connectivity index (χ3n) is 3.98. The molecule has 0 heterocycles. The van der Waals surface area contributed by atoms with Crippen LogP contribution in [-0.2, 0) is 9.59 Å². The van der Waals surface area contributed by atoms with Gasteiger partial charge in [-0.3, -0.25) is 4.79 Å². The summed E-state index contributed by atoms with van der Waals surface area (Å²) in [4.78, 5) is 24.3. The van der Waals surface area contributed by atoms with Crippen LogP contribution in [0.1, 0.15) is 78.1 Å². The summed E-state index contributed by atoms with van der Waals surface area (Å²) >= 11 is 0. The standard InChI is InChI=1S/C17H33NO4/c1-3-4-5-6-7-8-9-10-11-12-16(20)18(13-14-19)15(2)17(21)22/h15,19H,3-14H2,1-2H3,(H,21,22). The Hall–Kier alpha value is -1.10. The Labute approximate surface area is 134 Å². The summed E-state index contributed by atoms with van der Waals surface area (Å²) in [5, 5.41) is 17.9. The van der Waals surface area contributed by atoms with Crippen LogP contribution in [-0.4, -0.2) is 46.2 Å². The highest BCUT2D eigenvalue weighted by Gasteiger charge is 2.24. The minimum atomic E-state index is -1.03. The molecule has 0 aromatic heterocycles. The van der Waals surface area contributed by atoms with Gasteiger partial charge in [-0.25, -0.2) is 4.79 Å². The number of hydrogen-bond donors (Lipinski definition) is 2. The van der Waals surface area contributed by atoms with Crippen LogP contribution >= 0.6 is 0 Å². The van der Waals surface area contributed by atoms with E-state index in [2.05, 4.69) is 6.92 Å². The van der Waals surface area contributed by atoms with Crippen molar-refractivity contribution in [1.29, 1.82) is 0 Å². The van der Waals surface area contributed by atoms with Crippen LogP contribution in [0.15, 0.2) is 0 Å². The predicted octanol–water partition coefficient (Wildman–Crippen LogP) is 3.20. The molecule has 0 aliphatic carbocycles. The maximum absolute atomic E-state index is 12.0. The topological polar surface area (TPSA) is 77.8 Å². The van der Waals surface area contributed by atoms with Crippen LogP contribution in [0, 0.1) is 0 Å². The van der Waals surface area contributed by atoms with Gasteiger partial charge in [0.05, 0.1) is 6.61 Å². The number of unbranched alkanes of at least 4 members (excludes halogenated alkanes) is 8. The number of nitrogens with zero attached hydrogens (tertiary/aromatic N) is 1. The number of carboxylic acid groups (broad SMARTS) is 1. The fourth-order valence-corrected chi connectivity index (χ4v) is 2.51. The number of rotatable bonds is 14. The molecule has 1 unspecified atom stereocenters. The van der Waals surface area contributed by atoms with Gasteiger partial charge in [0, 0.05) is 13.0 Å². The zero-order chi connectivity index (χ0) is 16.8. The van der Waals surface area contributed by atoms with Gasteiger partial charge in [0.1, 0.15) is 6.04 Å². The lowest BCUT2D eigenvalue weighted by Gasteiger charge is -2.25. The van der Waals surface area contributed by atoms with E-state index in [4.69, 9.17) is 10.2 Å². The number of aliphatic carboxylic acids is 1. The van der Waals surface area contributed by atoms with E-state index in [1.54, 1.807) is 0 Å². The SMILES string of the molecule is CCCCCCCCCCCC(=O)N(CCO)C(C)C(=O)O. The van der Waals surface area contributed by atoms with E-state index in [-0.39, 0.29) is 19.1 Å². The number of aliphatic hydroxyl groups is 1. The number of carboxylic acids is 1. The number of amides is 1. The van der Waals surface area contributed by atoms with Crippen molar-refractivity contribution in [2.24, 2.45) is 0 Å². The van der Waals surface area contributed by atoms with Crippen molar-refractivity contribution in [2.45, 2.75) is 84.1 Å². The first kappa shape index (κ1) is 20.9. The molecule has 130 valence electrons. The van der Waals surface area contributed by atoms with Gasteiger partial charge in [-0.05, 0) is 13.3 Å². The van der Waals surface area contributed by atoms with E-state index in [9.17, 15) is 9.59 Å². The molecule has 0 spiro atoms. The molecule has 0 fully saturated rings. The Balaban J connectivity index is 3.79. The summed E-state index contributed by atoms with van der Waals surface area (Å²) < 4.78 is 0. The van der Waals surface area contributed by atoms with E-state index in [1.807, 2.05) is 0 Å². The van der Waals surface area contributed by atoms with Crippen molar-refractivity contribution in [3.8, 4) is 0 Å². The quantitative estimate of drug-likeness (QED) is 0.483. The highest BCUT2D eigenvalue weighted by atomic mass is 16.4. The number of aliphatic hydroxyl groups excluding tert-OH is 1. The molecule has 0 aliphatic rings. The van der Waals surface area contributed by atoms with Crippen molar-refractivity contribution in [2.75, 3.05) is 13.2 Å². The number of carbonyl (C=O) groups is 2. The molecular formula is C17H33NO4. The first-order chi connectivity index (χ1) is 10.5. The molecule has 22 heavy (non-hydrogen) atoms. The summed E-state index contributed by atoms with van der Waals surface area (Å²) in [6.45, 7) is 3.57. The second-order valence-electron chi connectivity index (χ2n) is 5.90. The summed E-state index contributed by atoms with van der Waals surface area (Å²) in [5.41, 5.74) is 0. The molecule has 1 atom stereocenters. The fraction of sp³-hybridized carbons (Fsp3) is 0.882. The molecule has 0 aromatic rings. The van der Waals surface area contributed by atoms with Crippen LogP contribution in [0.3, 0.4) is 0 Å². The summed E-state index contributed by atoms with van der Waals surface area (Å²) in [6, 6.07) is -0.877. The lowest BCUT2D eigenvalue weighted by atomic mass is 10.1. The van der Waals surface area contributed by atoms with Crippen LogP contribution in [0.4, 0.5) is 0 Å². The van der Waals surface area contributed by atoms with E-state index in [1.165, 1.54) is 50.3 Å². The van der Waals surface area contributed by atoms with E-state index >= 15 is 0 Å². The van der Waals surface area contributed by atoms with E-state index in [0.29, 0.717) is 6.42 Å². The maximum atomic E-state index is 12.0. The molecule has 0 aliphatic heterocycles. The van der Waals surface area contributed by atoms with Gasteiger partial charge >= 0.3 is 5.97 Å². The van der Waals surface area contributed by atoms with Crippen molar-refractivity contribution in [3.63, 3.8) is 0 Å². The fourth-order valence-electron chi connectivity index (χ4n) is 2.51. The summed E-state index contributed by atoms with van der Waals surface area (Å²) in [5.74, 6) is -1.21. The highest BCUT2D eigenvalue weighted by molar-refractivity contribution is 5.83.